The second-order valence-electron chi connectivity index (χ2n) is 7.57. The summed E-state index contributed by atoms with van der Waals surface area (Å²) in [6.45, 7) is 14.3. The molecule has 1 heterocycles. The minimum absolute atomic E-state index is 0.0740. The van der Waals surface area contributed by atoms with Crippen molar-refractivity contribution < 1.29 is 0 Å². The summed E-state index contributed by atoms with van der Waals surface area (Å²) in [5.41, 5.74) is 4.04. The normalized spacial score (nSPS) is 12.7. The van der Waals surface area contributed by atoms with Gasteiger partial charge in [0.2, 0.25) is 0 Å². The van der Waals surface area contributed by atoms with Crippen molar-refractivity contribution in [1.82, 2.24) is 9.78 Å². The Balaban J connectivity index is 2.40. The highest BCUT2D eigenvalue weighted by molar-refractivity contribution is 5.31. The predicted molar refractivity (Wildman–Crippen MR) is 85.2 cm³/mol. The molecule has 2 aromatic rings. The molecule has 0 aliphatic rings. The van der Waals surface area contributed by atoms with E-state index in [0.29, 0.717) is 0 Å². The Kier molecular flexibility index (Phi) is 3.77. The lowest BCUT2D eigenvalue weighted by atomic mass is 9.80. The van der Waals surface area contributed by atoms with Gasteiger partial charge in [-0.1, -0.05) is 71.9 Å². The molecular weight excluding hydrogens is 244 g/mol. The lowest BCUT2D eigenvalue weighted by molar-refractivity contribution is 0.514. The Labute approximate surface area is 122 Å². The fourth-order valence-electron chi connectivity index (χ4n) is 2.38. The maximum Gasteiger partial charge on any atom is 0.0715 e. The number of rotatable bonds is 2. The topological polar surface area (TPSA) is 17.8 Å². The number of aromatic nitrogens is 2. The van der Waals surface area contributed by atoms with Crippen LogP contribution in [-0.2, 0) is 17.4 Å². The maximum atomic E-state index is 4.86. The molecule has 0 aliphatic heterocycles. The van der Waals surface area contributed by atoms with E-state index in [-0.39, 0.29) is 10.8 Å². The predicted octanol–water partition coefficient (Wildman–Crippen LogP) is 4.53. The van der Waals surface area contributed by atoms with Crippen molar-refractivity contribution >= 4 is 0 Å². The van der Waals surface area contributed by atoms with E-state index in [0.717, 1.165) is 6.54 Å². The largest absolute Gasteiger partial charge is 0.268 e. The SMILES string of the molecule is CC(C)(C)c1cn(Cc2ccccc2)nc1C(C)(C)C. The number of benzene rings is 1. The molecule has 2 nitrogen and oxygen atoms in total. The smallest absolute Gasteiger partial charge is 0.0715 e. The Bertz CT molecular complexity index is 534. The molecule has 1 aromatic carbocycles. The van der Waals surface area contributed by atoms with Gasteiger partial charge in [0.1, 0.15) is 0 Å². The van der Waals surface area contributed by atoms with Crippen molar-refractivity contribution in [3.05, 3.63) is 53.3 Å². The van der Waals surface area contributed by atoms with E-state index < -0.39 is 0 Å². The highest BCUT2D eigenvalue weighted by Gasteiger charge is 2.28. The van der Waals surface area contributed by atoms with Crippen LogP contribution in [0.5, 0.6) is 0 Å². The van der Waals surface area contributed by atoms with Gasteiger partial charge in [-0.05, 0) is 16.5 Å². The lowest BCUT2D eigenvalue weighted by Crippen LogP contribution is -2.21. The fourth-order valence-corrected chi connectivity index (χ4v) is 2.38. The first-order valence-corrected chi connectivity index (χ1v) is 7.30. The zero-order chi connectivity index (χ0) is 15.0. The molecule has 0 saturated heterocycles. The standard InChI is InChI=1S/C18H26N2/c1-17(2,3)15-13-20(19-16(15)18(4,5)6)12-14-10-8-7-9-11-14/h7-11,13H,12H2,1-6H3. The van der Waals surface area contributed by atoms with Gasteiger partial charge in [0, 0.05) is 11.6 Å². The summed E-state index contributed by atoms with van der Waals surface area (Å²) in [5.74, 6) is 0. The molecule has 0 aliphatic carbocycles. The summed E-state index contributed by atoms with van der Waals surface area (Å²) < 4.78 is 2.08. The molecule has 0 N–H and O–H groups in total. The minimum atomic E-state index is 0.0740. The third kappa shape index (κ3) is 3.30. The van der Waals surface area contributed by atoms with Gasteiger partial charge in [-0.2, -0.15) is 5.10 Å². The zero-order valence-corrected chi connectivity index (χ0v) is 13.6. The molecule has 0 radical (unpaired) electrons. The van der Waals surface area contributed by atoms with Crippen LogP contribution in [0.2, 0.25) is 0 Å². The lowest BCUT2D eigenvalue weighted by Gasteiger charge is -2.24. The van der Waals surface area contributed by atoms with Crippen LogP contribution in [-0.4, -0.2) is 9.78 Å². The van der Waals surface area contributed by atoms with Gasteiger partial charge >= 0.3 is 0 Å². The molecule has 0 bridgehead atoms. The van der Waals surface area contributed by atoms with Crippen LogP contribution in [0, 0.1) is 0 Å². The van der Waals surface area contributed by atoms with E-state index >= 15 is 0 Å². The first kappa shape index (κ1) is 14.8. The van der Waals surface area contributed by atoms with Gasteiger partial charge in [-0.3, -0.25) is 4.68 Å². The monoisotopic (exact) mass is 270 g/mol. The average Bonchev–Trinajstić information content (AvgIpc) is 2.74. The van der Waals surface area contributed by atoms with Gasteiger partial charge in [-0.15, -0.1) is 0 Å². The summed E-state index contributed by atoms with van der Waals surface area (Å²) in [4.78, 5) is 0. The molecule has 0 amide bonds. The zero-order valence-electron chi connectivity index (χ0n) is 13.6. The van der Waals surface area contributed by atoms with Crippen molar-refractivity contribution in [3.63, 3.8) is 0 Å². The molecule has 20 heavy (non-hydrogen) atoms. The van der Waals surface area contributed by atoms with Crippen LogP contribution in [0.25, 0.3) is 0 Å². The molecule has 0 fully saturated rings. The third-order valence-corrected chi connectivity index (χ3v) is 3.47. The van der Waals surface area contributed by atoms with E-state index in [9.17, 15) is 0 Å². The summed E-state index contributed by atoms with van der Waals surface area (Å²) in [5, 5.41) is 4.86. The first-order chi connectivity index (χ1) is 9.18. The Morgan fingerprint density at radius 3 is 1.95 bits per heavy atom. The van der Waals surface area contributed by atoms with Gasteiger partial charge in [0.25, 0.3) is 0 Å². The van der Waals surface area contributed by atoms with Gasteiger partial charge < -0.3 is 0 Å². The van der Waals surface area contributed by atoms with E-state index in [1.54, 1.807) is 0 Å². The van der Waals surface area contributed by atoms with Crippen LogP contribution >= 0.6 is 0 Å². The fraction of sp³-hybridized carbons (Fsp3) is 0.500. The van der Waals surface area contributed by atoms with Crippen LogP contribution < -0.4 is 0 Å². The van der Waals surface area contributed by atoms with Crippen LogP contribution in [0.4, 0.5) is 0 Å². The summed E-state index contributed by atoms with van der Waals surface area (Å²) >= 11 is 0. The second-order valence-corrected chi connectivity index (χ2v) is 7.57. The molecule has 1 aromatic heterocycles. The molecule has 0 saturated carbocycles. The van der Waals surface area contributed by atoms with Crippen LogP contribution in [0.3, 0.4) is 0 Å². The minimum Gasteiger partial charge on any atom is -0.268 e. The summed E-state index contributed by atoms with van der Waals surface area (Å²) in [6.07, 6.45) is 2.22. The number of nitrogens with zero attached hydrogens (tertiary/aromatic N) is 2. The molecule has 2 rings (SSSR count). The molecule has 0 unspecified atom stereocenters. The quantitative estimate of drug-likeness (QED) is 0.784. The molecule has 2 heteroatoms. The van der Waals surface area contributed by atoms with E-state index in [4.69, 9.17) is 5.10 Å². The molecule has 0 atom stereocenters. The van der Waals surface area contributed by atoms with Crippen molar-refractivity contribution in [2.75, 3.05) is 0 Å². The number of hydrogen-bond acceptors (Lipinski definition) is 1. The Morgan fingerprint density at radius 1 is 0.900 bits per heavy atom. The maximum absolute atomic E-state index is 4.86. The molecule has 108 valence electrons. The highest BCUT2D eigenvalue weighted by atomic mass is 15.3. The number of hydrogen-bond donors (Lipinski definition) is 0. The van der Waals surface area contributed by atoms with Crippen molar-refractivity contribution in [1.29, 1.82) is 0 Å². The summed E-state index contributed by atoms with van der Waals surface area (Å²) in [6, 6.07) is 10.5. The Morgan fingerprint density at radius 2 is 1.50 bits per heavy atom. The van der Waals surface area contributed by atoms with Crippen molar-refractivity contribution in [2.45, 2.75) is 58.9 Å². The van der Waals surface area contributed by atoms with E-state index in [2.05, 4.69) is 76.7 Å². The average molecular weight is 270 g/mol. The molecule has 0 spiro atoms. The van der Waals surface area contributed by atoms with Crippen molar-refractivity contribution in [2.24, 2.45) is 0 Å². The molecular formula is C18H26N2. The van der Waals surface area contributed by atoms with Gasteiger partial charge in [0.05, 0.1) is 12.2 Å². The third-order valence-electron chi connectivity index (χ3n) is 3.47. The van der Waals surface area contributed by atoms with Gasteiger partial charge in [0.15, 0.2) is 0 Å². The highest BCUT2D eigenvalue weighted by Crippen LogP contribution is 2.32. The Hall–Kier alpha value is -1.57. The summed E-state index contributed by atoms with van der Waals surface area (Å²) in [7, 11) is 0. The van der Waals surface area contributed by atoms with Crippen LogP contribution in [0.1, 0.15) is 58.4 Å². The first-order valence-electron chi connectivity index (χ1n) is 7.30. The van der Waals surface area contributed by atoms with E-state index in [1.165, 1.54) is 16.8 Å². The van der Waals surface area contributed by atoms with Crippen molar-refractivity contribution in [3.8, 4) is 0 Å². The second kappa shape index (κ2) is 5.08. The van der Waals surface area contributed by atoms with Gasteiger partial charge in [-0.25, -0.2) is 0 Å². The van der Waals surface area contributed by atoms with Crippen LogP contribution in [0.15, 0.2) is 36.5 Å². The van der Waals surface area contributed by atoms with E-state index in [1.807, 2.05) is 6.07 Å².